The van der Waals surface area contributed by atoms with Crippen molar-refractivity contribution in [1.29, 1.82) is 0 Å². The van der Waals surface area contributed by atoms with Crippen LogP contribution in [0.15, 0.2) is 24.0 Å². The van der Waals surface area contributed by atoms with E-state index in [0.717, 1.165) is 31.0 Å². The van der Waals surface area contributed by atoms with Crippen LogP contribution in [0.25, 0.3) is 0 Å². The van der Waals surface area contributed by atoms with Crippen molar-refractivity contribution < 1.29 is 4.79 Å². The molecule has 0 spiro atoms. The molecule has 23 heavy (non-hydrogen) atoms. The third-order valence-corrected chi connectivity index (χ3v) is 3.85. The van der Waals surface area contributed by atoms with Gasteiger partial charge in [-0.3, -0.25) is 0 Å². The molecule has 0 bridgehead atoms. The molecule has 1 atom stereocenters. The lowest BCUT2D eigenvalue weighted by atomic mass is 10.2. The summed E-state index contributed by atoms with van der Waals surface area (Å²) in [6, 6.07) is 2.07. The zero-order chi connectivity index (χ0) is 16.7. The van der Waals surface area contributed by atoms with Crippen LogP contribution in [0.1, 0.15) is 26.7 Å². The molecule has 1 aromatic rings. The van der Waals surface area contributed by atoms with Gasteiger partial charge in [-0.15, -0.1) is 0 Å². The maximum atomic E-state index is 11.8. The quantitative estimate of drug-likeness (QED) is 0.696. The van der Waals surface area contributed by atoms with Crippen molar-refractivity contribution in [1.82, 2.24) is 20.6 Å². The van der Waals surface area contributed by atoms with E-state index in [9.17, 15) is 4.79 Å². The highest BCUT2D eigenvalue weighted by Gasteiger charge is 2.26. The molecule has 0 aliphatic carbocycles. The highest BCUT2D eigenvalue weighted by Crippen LogP contribution is 2.24. The third-order valence-electron chi connectivity index (χ3n) is 3.85. The average molecular weight is 318 g/mol. The largest absolute Gasteiger partial charge is 0.373 e. The molecule has 1 saturated heterocycles. The van der Waals surface area contributed by atoms with Gasteiger partial charge in [-0.25, -0.2) is 14.8 Å². The first-order valence-electron chi connectivity index (χ1n) is 8.01. The predicted molar refractivity (Wildman–Crippen MR) is 92.8 cm³/mol. The van der Waals surface area contributed by atoms with Gasteiger partial charge in [0.1, 0.15) is 18.0 Å². The number of carbonyl (C=O) groups excluding carboxylic acids is 1. The maximum Gasteiger partial charge on any atom is 0.315 e. The van der Waals surface area contributed by atoms with Gasteiger partial charge in [0.05, 0.1) is 0 Å². The summed E-state index contributed by atoms with van der Waals surface area (Å²) >= 11 is 0. The highest BCUT2D eigenvalue weighted by atomic mass is 16.2. The molecule has 7 nitrogen and oxygen atoms in total. The first-order chi connectivity index (χ1) is 11.1. The molecule has 1 aliphatic heterocycles. The first-order valence-corrected chi connectivity index (χ1v) is 8.01. The standard InChI is InChI=1S/C16H26N6O/c1-12(2)6-7-18-16(23)19-10-13-5-4-8-22(13)15-9-14(17-3)20-11-21-15/h6,9,11,13H,4-5,7-8,10H2,1-3H3,(H,17,20,21)(H2,18,19,23). The molecule has 2 rings (SSSR count). The van der Waals surface area contributed by atoms with Crippen LogP contribution < -0.4 is 20.9 Å². The Bertz CT molecular complexity index is 555. The van der Waals surface area contributed by atoms with Crippen LogP contribution in [0.2, 0.25) is 0 Å². The number of anilines is 2. The Kier molecular flexibility index (Phi) is 6.19. The molecule has 2 heterocycles. The number of rotatable bonds is 6. The van der Waals surface area contributed by atoms with E-state index in [1.165, 1.54) is 5.57 Å². The van der Waals surface area contributed by atoms with Gasteiger partial charge in [-0.05, 0) is 26.7 Å². The van der Waals surface area contributed by atoms with Crippen LogP contribution in [0.4, 0.5) is 16.4 Å². The van der Waals surface area contributed by atoms with Crippen LogP contribution in [-0.2, 0) is 0 Å². The van der Waals surface area contributed by atoms with E-state index >= 15 is 0 Å². The van der Waals surface area contributed by atoms with Crippen molar-refractivity contribution >= 4 is 17.7 Å². The summed E-state index contributed by atoms with van der Waals surface area (Å²) < 4.78 is 0. The van der Waals surface area contributed by atoms with Gasteiger partial charge in [0, 0.05) is 38.8 Å². The van der Waals surface area contributed by atoms with Crippen molar-refractivity contribution in [2.75, 3.05) is 36.9 Å². The van der Waals surface area contributed by atoms with E-state index in [4.69, 9.17) is 0 Å². The number of carbonyl (C=O) groups is 1. The van der Waals surface area contributed by atoms with Crippen molar-refractivity contribution in [3.8, 4) is 0 Å². The summed E-state index contributed by atoms with van der Waals surface area (Å²) in [4.78, 5) is 22.6. The van der Waals surface area contributed by atoms with Crippen LogP contribution in [-0.4, -0.2) is 48.7 Å². The van der Waals surface area contributed by atoms with Gasteiger partial charge in [-0.1, -0.05) is 11.6 Å². The number of hydrogen-bond donors (Lipinski definition) is 3. The van der Waals surface area contributed by atoms with Crippen molar-refractivity contribution in [3.05, 3.63) is 24.0 Å². The number of urea groups is 1. The number of allylic oxidation sites excluding steroid dienone is 1. The van der Waals surface area contributed by atoms with E-state index in [-0.39, 0.29) is 12.1 Å². The second-order valence-electron chi connectivity index (χ2n) is 5.87. The second-order valence-corrected chi connectivity index (χ2v) is 5.87. The van der Waals surface area contributed by atoms with Crippen LogP contribution in [0.3, 0.4) is 0 Å². The van der Waals surface area contributed by atoms with Gasteiger partial charge in [0.2, 0.25) is 0 Å². The SMILES string of the molecule is CNc1cc(N2CCCC2CNC(=O)NCC=C(C)C)ncn1. The van der Waals surface area contributed by atoms with E-state index in [1.54, 1.807) is 6.33 Å². The van der Waals surface area contributed by atoms with Crippen molar-refractivity contribution in [2.45, 2.75) is 32.7 Å². The normalized spacial score (nSPS) is 16.8. The average Bonchev–Trinajstić information content (AvgIpc) is 3.01. The number of nitrogens with zero attached hydrogens (tertiary/aromatic N) is 3. The highest BCUT2D eigenvalue weighted by molar-refractivity contribution is 5.74. The molecule has 0 aromatic carbocycles. The Morgan fingerprint density at radius 3 is 2.96 bits per heavy atom. The second kappa shape index (κ2) is 8.36. The number of hydrogen-bond acceptors (Lipinski definition) is 5. The molecule has 1 aromatic heterocycles. The van der Waals surface area contributed by atoms with Gasteiger partial charge in [-0.2, -0.15) is 0 Å². The maximum absolute atomic E-state index is 11.8. The smallest absolute Gasteiger partial charge is 0.315 e. The Labute approximate surface area is 137 Å². The van der Waals surface area contributed by atoms with E-state index in [2.05, 4.69) is 30.8 Å². The minimum absolute atomic E-state index is 0.132. The van der Waals surface area contributed by atoms with Gasteiger partial charge < -0.3 is 20.9 Å². The molecule has 1 unspecified atom stereocenters. The minimum atomic E-state index is -0.132. The Morgan fingerprint density at radius 2 is 2.22 bits per heavy atom. The van der Waals surface area contributed by atoms with Crippen LogP contribution in [0, 0.1) is 0 Å². The van der Waals surface area contributed by atoms with Gasteiger partial charge in [0.25, 0.3) is 0 Å². The zero-order valence-corrected chi connectivity index (χ0v) is 14.1. The fourth-order valence-corrected chi connectivity index (χ4v) is 2.61. The molecular formula is C16H26N6O. The Balaban J connectivity index is 1.86. The van der Waals surface area contributed by atoms with Crippen molar-refractivity contribution in [3.63, 3.8) is 0 Å². The van der Waals surface area contributed by atoms with E-state index in [1.807, 2.05) is 33.0 Å². The van der Waals surface area contributed by atoms with E-state index in [0.29, 0.717) is 13.1 Å². The third kappa shape index (κ3) is 5.12. The topological polar surface area (TPSA) is 82.2 Å². The predicted octanol–water partition coefficient (Wildman–Crippen LogP) is 1.75. The zero-order valence-electron chi connectivity index (χ0n) is 14.1. The molecular weight excluding hydrogens is 292 g/mol. The molecule has 1 aliphatic rings. The fraction of sp³-hybridized carbons (Fsp3) is 0.562. The molecule has 7 heteroatoms. The molecule has 1 fully saturated rings. The number of amides is 2. The van der Waals surface area contributed by atoms with Crippen LogP contribution in [0.5, 0.6) is 0 Å². The Hall–Kier alpha value is -2.31. The lowest BCUT2D eigenvalue weighted by molar-refractivity contribution is 0.241. The lowest BCUT2D eigenvalue weighted by Gasteiger charge is -2.26. The van der Waals surface area contributed by atoms with E-state index < -0.39 is 0 Å². The summed E-state index contributed by atoms with van der Waals surface area (Å²) in [7, 11) is 1.84. The van der Waals surface area contributed by atoms with Crippen LogP contribution >= 0.6 is 0 Å². The van der Waals surface area contributed by atoms with Gasteiger partial charge >= 0.3 is 6.03 Å². The minimum Gasteiger partial charge on any atom is -0.373 e. The van der Waals surface area contributed by atoms with Gasteiger partial charge in [0.15, 0.2) is 0 Å². The summed E-state index contributed by atoms with van der Waals surface area (Å²) in [6.07, 6.45) is 5.70. The number of aromatic nitrogens is 2. The number of nitrogens with one attached hydrogen (secondary N) is 3. The molecule has 126 valence electrons. The molecule has 2 amide bonds. The monoisotopic (exact) mass is 318 g/mol. The summed E-state index contributed by atoms with van der Waals surface area (Å²) in [5.74, 6) is 1.70. The summed E-state index contributed by atoms with van der Waals surface area (Å²) in [6.45, 7) is 6.14. The molecule has 0 radical (unpaired) electrons. The molecule has 0 saturated carbocycles. The summed E-state index contributed by atoms with van der Waals surface area (Å²) in [5, 5.41) is 8.80. The fourth-order valence-electron chi connectivity index (χ4n) is 2.61. The summed E-state index contributed by atoms with van der Waals surface area (Å²) in [5.41, 5.74) is 1.19. The lowest BCUT2D eigenvalue weighted by Crippen LogP contribution is -2.44. The van der Waals surface area contributed by atoms with Crippen molar-refractivity contribution in [2.24, 2.45) is 0 Å². The first kappa shape index (κ1) is 17.1. The Morgan fingerprint density at radius 1 is 1.39 bits per heavy atom. The molecule has 3 N–H and O–H groups in total.